The van der Waals surface area contributed by atoms with E-state index in [9.17, 15) is 0 Å². The summed E-state index contributed by atoms with van der Waals surface area (Å²) in [6, 6.07) is 2.15. The molecule has 0 saturated carbocycles. The summed E-state index contributed by atoms with van der Waals surface area (Å²) >= 11 is 1.43. The molecule has 0 aromatic carbocycles. The third kappa shape index (κ3) is 2.04. The van der Waals surface area contributed by atoms with Crippen LogP contribution in [0.25, 0.3) is 10.6 Å². The van der Waals surface area contributed by atoms with E-state index >= 15 is 0 Å². The highest BCUT2D eigenvalue weighted by Gasteiger charge is 2.06. The summed E-state index contributed by atoms with van der Waals surface area (Å²) in [5.41, 5.74) is 0.780. The van der Waals surface area contributed by atoms with E-state index in [1.165, 1.54) is 18.4 Å². The molecule has 0 aliphatic carbocycles. The van der Waals surface area contributed by atoms with Gasteiger partial charge in [-0.3, -0.25) is 0 Å². The highest BCUT2D eigenvalue weighted by Crippen LogP contribution is 2.28. The topological polar surface area (TPSA) is 57.1 Å². The average Bonchev–Trinajstić information content (AvgIpc) is 2.78. The highest BCUT2D eigenvalue weighted by molar-refractivity contribution is 7.16. The van der Waals surface area contributed by atoms with Gasteiger partial charge in [0.1, 0.15) is 0 Å². The maximum Gasteiger partial charge on any atom is 0.316 e. The third-order valence-corrected chi connectivity index (χ3v) is 2.71. The third-order valence-electron chi connectivity index (χ3n) is 1.73. The van der Waals surface area contributed by atoms with E-state index in [1.54, 1.807) is 25.6 Å². The number of rotatable bonds is 3. The summed E-state index contributed by atoms with van der Waals surface area (Å²) in [6.07, 6.45) is 3.36. The van der Waals surface area contributed by atoms with Crippen LogP contribution in [0.5, 0.6) is 11.2 Å². The van der Waals surface area contributed by atoms with E-state index in [2.05, 4.69) is 15.0 Å². The van der Waals surface area contributed by atoms with Crippen LogP contribution in [0, 0.1) is 0 Å². The summed E-state index contributed by atoms with van der Waals surface area (Å²) < 4.78 is 9.95. The number of nitrogens with zero attached hydrogens (tertiary/aromatic N) is 3. The summed E-state index contributed by atoms with van der Waals surface area (Å²) in [5.74, 6) is 0. The lowest BCUT2D eigenvalue weighted by Crippen LogP contribution is -1.91. The predicted molar refractivity (Wildman–Crippen MR) is 56.2 cm³/mol. The number of methoxy groups -OCH3 is 2. The Morgan fingerprint density at radius 3 is 2.73 bits per heavy atom. The van der Waals surface area contributed by atoms with Crippen LogP contribution in [0.4, 0.5) is 0 Å². The molecule has 0 unspecified atom stereocenters. The van der Waals surface area contributed by atoms with Crippen molar-refractivity contribution in [2.75, 3.05) is 14.2 Å². The lowest BCUT2D eigenvalue weighted by Gasteiger charge is -1.98. The molecule has 6 heteroatoms. The quantitative estimate of drug-likeness (QED) is 0.791. The van der Waals surface area contributed by atoms with Gasteiger partial charge < -0.3 is 9.47 Å². The lowest BCUT2D eigenvalue weighted by molar-refractivity contribution is 0.380. The number of aromatic nitrogens is 3. The van der Waals surface area contributed by atoms with E-state index in [0.29, 0.717) is 11.2 Å². The van der Waals surface area contributed by atoms with Crippen molar-refractivity contribution in [3.8, 4) is 21.8 Å². The van der Waals surface area contributed by atoms with Crippen LogP contribution in [-0.4, -0.2) is 29.2 Å². The molecule has 0 spiro atoms. The Hall–Kier alpha value is -1.69. The van der Waals surface area contributed by atoms with Crippen LogP contribution < -0.4 is 9.47 Å². The van der Waals surface area contributed by atoms with Gasteiger partial charge in [0.15, 0.2) is 0 Å². The molecule has 0 aliphatic rings. The van der Waals surface area contributed by atoms with Gasteiger partial charge in [-0.1, -0.05) is 11.3 Å². The molecule has 0 amide bonds. The van der Waals surface area contributed by atoms with Gasteiger partial charge in [-0.2, -0.15) is 4.98 Å². The predicted octanol–water partition coefficient (Wildman–Crippen LogP) is 1.62. The fourth-order valence-corrected chi connectivity index (χ4v) is 1.75. The van der Waals surface area contributed by atoms with Crippen molar-refractivity contribution in [3.05, 3.63) is 18.5 Å². The largest absolute Gasteiger partial charge is 0.473 e. The molecule has 2 aromatic heterocycles. The van der Waals surface area contributed by atoms with Crippen molar-refractivity contribution in [1.82, 2.24) is 15.0 Å². The SMILES string of the molecule is COc1nccc(-c2cnc(OC)s2)n1. The first kappa shape index (κ1) is 9.85. The molecule has 0 bridgehead atoms. The minimum atomic E-state index is 0.347. The highest BCUT2D eigenvalue weighted by atomic mass is 32.1. The molecular formula is C9H9N3O2S. The second kappa shape index (κ2) is 4.22. The molecule has 0 radical (unpaired) electrons. The maximum absolute atomic E-state index is 5.01. The Bertz CT molecular complexity index is 458. The van der Waals surface area contributed by atoms with Gasteiger partial charge in [0, 0.05) is 6.20 Å². The zero-order chi connectivity index (χ0) is 10.7. The maximum atomic E-state index is 5.01. The van der Waals surface area contributed by atoms with Crippen LogP contribution in [-0.2, 0) is 0 Å². The molecule has 0 saturated heterocycles. The van der Waals surface area contributed by atoms with Crippen LogP contribution >= 0.6 is 11.3 Å². The van der Waals surface area contributed by atoms with Gasteiger partial charge in [-0.15, -0.1) is 0 Å². The molecule has 78 valence electrons. The fourth-order valence-electron chi connectivity index (χ4n) is 1.05. The average molecular weight is 223 g/mol. The number of hydrogen-bond donors (Lipinski definition) is 0. The molecule has 0 atom stereocenters. The van der Waals surface area contributed by atoms with E-state index in [4.69, 9.17) is 9.47 Å². The number of thiazole rings is 1. The minimum Gasteiger partial charge on any atom is -0.473 e. The van der Waals surface area contributed by atoms with E-state index in [1.807, 2.05) is 0 Å². The van der Waals surface area contributed by atoms with Gasteiger partial charge in [0.05, 0.1) is 31.0 Å². The summed E-state index contributed by atoms with van der Waals surface area (Å²) in [5, 5.41) is 0.613. The van der Waals surface area contributed by atoms with Crippen LogP contribution in [0.3, 0.4) is 0 Å². The summed E-state index contributed by atoms with van der Waals surface area (Å²) in [6.45, 7) is 0. The van der Waals surface area contributed by atoms with E-state index in [0.717, 1.165) is 10.6 Å². The molecule has 15 heavy (non-hydrogen) atoms. The van der Waals surface area contributed by atoms with Crippen molar-refractivity contribution >= 4 is 11.3 Å². The van der Waals surface area contributed by atoms with Crippen molar-refractivity contribution < 1.29 is 9.47 Å². The van der Waals surface area contributed by atoms with Gasteiger partial charge in [-0.05, 0) is 6.07 Å². The van der Waals surface area contributed by atoms with E-state index in [-0.39, 0.29) is 0 Å². The molecule has 0 aliphatic heterocycles. The molecule has 2 rings (SSSR count). The number of hydrogen-bond acceptors (Lipinski definition) is 6. The normalized spacial score (nSPS) is 10.0. The Kier molecular flexibility index (Phi) is 2.77. The Morgan fingerprint density at radius 1 is 1.20 bits per heavy atom. The monoisotopic (exact) mass is 223 g/mol. The van der Waals surface area contributed by atoms with Crippen molar-refractivity contribution in [2.45, 2.75) is 0 Å². The molecule has 2 aromatic rings. The second-order valence-corrected chi connectivity index (χ2v) is 3.62. The van der Waals surface area contributed by atoms with Crippen molar-refractivity contribution in [1.29, 1.82) is 0 Å². The van der Waals surface area contributed by atoms with Crippen LogP contribution in [0.2, 0.25) is 0 Å². The molecule has 0 N–H and O–H groups in total. The van der Waals surface area contributed by atoms with E-state index < -0.39 is 0 Å². The first-order valence-corrected chi connectivity index (χ1v) is 5.02. The number of ether oxygens (including phenoxy) is 2. The fraction of sp³-hybridized carbons (Fsp3) is 0.222. The first-order chi connectivity index (χ1) is 7.33. The standard InChI is InChI=1S/C9H9N3O2S/c1-13-8-10-4-3-6(12-8)7-5-11-9(14-2)15-7/h3-5H,1-2H3. The Balaban J connectivity index is 2.35. The van der Waals surface area contributed by atoms with Crippen LogP contribution in [0.15, 0.2) is 18.5 Å². The van der Waals surface area contributed by atoms with Gasteiger partial charge in [0.2, 0.25) is 0 Å². The zero-order valence-electron chi connectivity index (χ0n) is 8.30. The van der Waals surface area contributed by atoms with Crippen molar-refractivity contribution in [2.24, 2.45) is 0 Å². The Labute approximate surface area is 90.7 Å². The summed E-state index contributed by atoms with van der Waals surface area (Å²) in [7, 11) is 3.12. The Morgan fingerprint density at radius 2 is 2.07 bits per heavy atom. The minimum absolute atomic E-state index is 0.347. The first-order valence-electron chi connectivity index (χ1n) is 4.20. The molecule has 5 nitrogen and oxygen atoms in total. The lowest BCUT2D eigenvalue weighted by atomic mass is 10.4. The van der Waals surface area contributed by atoms with Gasteiger partial charge in [0.25, 0.3) is 5.19 Å². The van der Waals surface area contributed by atoms with Gasteiger partial charge in [-0.25, -0.2) is 9.97 Å². The zero-order valence-corrected chi connectivity index (χ0v) is 9.11. The smallest absolute Gasteiger partial charge is 0.316 e. The van der Waals surface area contributed by atoms with Crippen LogP contribution in [0.1, 0.15) is 0 Å². The molecule has 2 heterocycles. The van der Waals surface area contributed by atoms with Crippen molar-refractivity contribution in [3.63, 3.8) is 0 Å². The molecule has 0 fully saturated rings. The molecular weight excluding hydrogens is 214 g/mol. The summed E-state index contributed by atoms with van der Waals surface area (Å²) in [4.78, 5) is 13.1. The second-order valence-electron chi connectivity index (χ2n) is 2.62. The van der Waals surface area contributed by atoms with Gasteiger partial charge >= 0.3 is 6.01 Å².